The molecule has 21 heavy (non-hydrogen) atoms. The molecule has 0 atom stereocenters. The number of allylic oxidation sites excluding steroid dienone is 2. The molecule has 0 aromatic heterocycles. The minimum absolute atomic E-state index is 0.0239. The van der Waals surface area contributed by atoms with Gasteiger partial charge in [-0.25, -0.2) is 4.79 Å². The number of hydrogen-bond donors (Lipinski definition) is 2. The third kappa shape index (κ3) is 5.65. The smallest absolute Gasteiger partial charge is 0.335 e. The van der Waals surface area contributed by atoms with Crippen molar-refractivity contribution < 1.29 is 14.7 Å². The van der Waals surface area contributed by atoms with Crippen molar-refractivity contribution in [3.8, 4) is 0 Å². The van der Waals surface area contributed by atoms with Crippen molar-refractivity contribution in [2.24, 2.45) is 5.92 Å². The normalized spacial score (nSPS) is 10.1. The van der Waals surface area contributed by atoms with Crippen LogP contribution in [-0.4, -0.2) is 23.5 Å². The van der Waals surface area contributed by atoms with Gasteiger partial charge in [0.1, 0.15) is 0 Å². The topological polar surface area (TPSA) is 66.4 Å². The van der Waals surface area contributed by atoms with E-state index >= 15 is 0 Å². The molecule has 112 valence electrons. The second-order valence-corrected chi connectivity index (χ2v) is 4.79. The molecule has 0 saturated heterocycles. The fourth-order valence-electron chi connectivity index (χ4n) is 2.05. The Labute approximate surface area is 125 Å². The van der Waals surface area contributed by atoms with Gasteiger partial charge in [0.15, 0.2) is 0 Å². The quantitative estimate of drug-likeness (QED) is 0.686. The molecule has 1 aromatic carbocycles. The molecule has 0 aliphatic heterocycles. The Kier molecular flexibility index (Phi) is 6.95. The van der Waals surface area contributed by atoms with Gasteiger partial charge in [0.2, 0.25) is 5.91 Å². The molecule has 0 aliphatic carbocycles. The zero-order valence-corrected chi connectivity index (χ0v) is 12.0. The molecule has 4 nitrogen and oxygen atoms in total. The fraction of sp³-hybridized carbons (Fsp3) is 0.294. The van der Waals surface area contributed by atoms with Crippen LogP contribution in [-0.2, 0) is 11.2 Å². The van der Waals surface area contributed by atoms with Crippen LogP contribution in [0.2, 0.25) is 0 Å². The molecule has 1 amide bonds. The van der Waals surface area contributed by atoms with E-state index < -0.39 is 5.97 Å². The number of benzene rings is 1. The van der Waals surface area contributed by atoms with E-state index in [1.165, 1.54) is 0 Å². The maximum Gasteiger partial charge on any atom is 0.335 e. The van der Waals surface area contributed by atoms with Gasteiger partial charge in [-0.1, -0.05) is 24.3 Å². The number of rotatable bonds is 9. The van der Waals surface area contributed by atoms with Crippen LogP contribution < -0.4 is 5.32 Å². The summed E-state index contributed by atoms with van der Waals surface area (Å²) >= 11 is 0. The molecule has 0 bridgehead atoms. The monoisotopic (exact) mass is 287 g/mol. The summed E-state index contributed by atoms with van der Waals surface area (Å²) < 4.78 is 0. The van der Waals surface area contributed by atoms with Gasteiger partial charge in [-0.2, -0.15) is 0 Å². The molecule has 0 unspecified atom stereocenters. The lowest BCUT2D eigenvalue weighted by Crippen LogP contribution is -2.31. The zero-order chi connectivity index (χ0) is 15.7. The summed E-state index contributed by atoms with van der Waals surface area (Å²) in [7, 11) is 0. The lowest BCUT2D eigenvalue weighted by Gasteiger charge is -2.13. The van der Waals surface area contributed by atoms with Crippen molar-refractivity contribution in [3.05, 3.63) is 60.7 Å². The summed E-state index contributed by atoms with van der Waals surface area (Å²) in [5.41, 5.74) is 1.15. The second-order valence-electron chi connectivity index (χ2n) is 4.79. The Morgan fingerprint density at radius 1 is 1.24 bits per heavy atom. The SMILES string of the molecule is C=CCC(CC=C)C(=O)NCCc1cccc(C(=O)O)c1. The van der Waals surface area contributed by atoms with Crippen molar-refractivity contribution in [2.75, 3.05) is 6.54 Å². The van der Waals surface area contributed by atoms with Crippen LogP contribution in [0.4, 0.5) is 0 Å². The predicted octanol–water partition coefficient (Wildman–Crippen LogP) is 2.81. The third-order valence-electron chi connectivity index (χ3n) is 3.16. The predicted molar refractivity (Wildman–Crippen MR) is 83.2 cm³/mol. The van der Waals surface area contributed by atoms with E-state index in [9.17, 15) is 9.59 Å². The molecule has 0 spiro atoms. The summed E-state index contributed by atoms with van der Waals surface area (Å²) in [6.07, 6.45) is 5.29. The number of nitrogens with one attached hydrogen (secondary N) is 1. The van der Waals surface area contributed by atoms with Crippen molar-refractivity contribution in [2.45, 2.75) is 19.3 Å². The summed E-state index contributed by atoms with van der Waals surface area (Å²) in [6, 6.07) is 6.73. The molecular weight excluding hydrogens is 266 g/mol. The highest BCUT2D eigenvalue weighted by molar-refractivity contribution is 5.87. The average molecular weight is 287 g/mol. The average Bonchev–Trinajstić information content (AvgIpc) is 2.47. The first-order valence-corrected chi connectivity index (χ1v) is 6.90. The molecular formula is C17H21NO3. The Hall–Kier alpha value is -2.36. The molecule has 1 aromatic rings. The molecule has 0 radical (unpaired) electrons. The highest BCUT2D eigenvalue weighted by Gasteiger charge is 2.14. The van der Waals surface area contributed by atoms with E-state index in [0.29, 0.717) is 25.8 Å². The second kappa shape index (κ2) is 8.74. The van der Waals surface area contributed by atoms with Crippen LogP contribution in [0.3, 0.4) is 0 Å². The van der Waals surface area contributed by atoms with Crippen molar-refractivity contribution in [1.82, 2.24) is 5.32 Å². The molecule has 4 heteroatoms. The number of aromatic carboxylic acids is 1. The van der Waals surface area contributed by atoms with Crippen LogP contribution in [0.5, 0.6) is 0 Å². The van der Waals surface area contributed by atoms with E-state index in [1.807, 2.05) is 6.07 Å². The van der Waals surface area contributed by atoms with E-state index in [0.717, 1.165) is 5.56 Å². The van der Waals surface area contributed by atoms with Crippen molar-refractivity contribution in [1.29, 1.82) is 0 Å². The van der Waals surface area contributed by atoms with E-state index in [-0.39, 0.29) is 17.4 Å². The van der Waals surface area contributed by atoms with E-state index in [1.54, 1.807) is 30.4 Å². The standard InChI is InChI=1S/C17H21NO3/c1-3-6-14(7-4-2)16(19)18-11-10-13-8-5-9-15(12-13)17(20)21/h3-5,8-9,12,14H,1-2,6-7,10-11H2,(H,18,19)(H,20,21). The van der Waals surface area contributed by atoms with Gasteiger partial charge in [0.25, 0.3) is 0 Å². The Morgan fingerprint density at radius 2 is 1.90 bits per heavy atom. The van der Waals surface area contributed by atoms with Gasteiger partial charge in [-0.05, 0) is 37.0 Å². The zero-order valence-electron chi connectivity index (χ0n) is 12.0. The number of amides is 1. The summed E-state index contributed by atoms with van der Waals surface area (Å²) in [4.78, 5) is 22.9. The minimum Gasteiger partial charge on any atom is -0.478 e. The maximum absolute atomic E-state index is 12.0. The largest absolute Gasteiger partial charge is 0.478 e. The van der Waals surface area contributed by atoms with Crippen molar-refractivity contribution >= 4 is 11.9 Å². The van der Waals surface area contributed by atoms with Gasteiger partial charge in [0, 0.05) is 12.5 Å². The van der Waals surface area contributed by atoms with Gasteiger partial charge in [-0.15, -0.1) is 13.2 Å². The van der Waals surface area contributed by atoms with Gasteiger partial charge in [-0.3, -0.25) is 4.79 Å². The van der Waals surface area contributed by atoms with Gasteiger partial charge < -0.3 is 10.4 Å². The minimum atomic E-state index is -0.946. The molecule has 0 heterocycles. The number of hydrogen-bond acceptors (Lipinski definition) is 2. The van der Waals surface area contributed by atoms with E-state index in [4.69, 9.17) is 5.11 Å². The number of carboxylic acid groups (broad SMARTS) is 1. The van der Waals surface area contributed by atoms with Crippen molar-refractivity contribution in [3.63, 3.8) is 0 Å². The van der Waals surface area contributed by atoms with Crippen LogP contribution >= 0.6 is 0 Å². The molecule has 2 N–H and O–H groups in total. The Balaban J connectivity index is 2.50. The molecule has 0 aliphatic rings. The van der Waals surface area contributed by atoms with Gasteiger partial charge in [0.05, 0.1) is 5.56 Å². The lowest BCUT2D eigenvalue weighted by molar-refractivity contribution is -0.124. The first kappa shape index (κ1) is 16.7. The number of carbonyl (C=O) groups is 2. The highest BCUT2D eigenvalue weighted by atomic mass is 16.4. The van der Waals surface area contributed by atoms with Crippen LogP contribution in [0.15, 0.2) is 49.6 Å². The number of carbonyl (C=O) groups excluding carboxylic acids is 1. The lowest BCUT2D eigenvalue weighted by atomic mass is 10.0. The van der Waals surface area contributed by atoms with Crippen LogP contribution in [0.25, 0.3) is 0 Å². The third-order valence-corrected chi connectivity index (χ3v) is 3.16. The Morgan fingerprint density at radius 3 is 2.48 bits per heavy atom. The fourth-order valence-corrected chi connectivity index (χ4v) is 2.05. The molecule has 1 rings (SSSR count). The first-order valence-electron chi connectivity index (χ1n) is 6.90. The van der Waals surface area contributed by atoms with Crippen LogP contribution in [0.1, 0.15) is 28.8 Å². The summed E-state index contributed by atoms with van der Waals surface area (Å²) in [5, 5.41) is 11.8. The maximum atomic E-state index is 12.0. The van der Waals surface area contributed by atoms with Crippen LogP contribution in [0, 0.1) is 5.92 Å². The highest BCUT2D eigenvalue weighted by Crippen LogP contribution is 2.10. The van der Waals surface area contributed by atoms with E-state index in [2.05, 4.69) is 18.5 Å². The Bertz CT molecular complexity index is 513. The summed E-state index contributed by atoms with van der Waals surface area (Å²) in [6.45, 7) is 7.78. The summed E-state index contributed by atoms with van der Waals surface area (Å²) in [5.74, 6) is -1.10. The first-order chi connectivity index (χ1) is 10.1. The molecule has 0 fully saturated rings. The van der Waals surface area contributed by atoms with Gasteiger partial charge >= 0.3 is 5.97 Å². The molecule has 0 saturated carbocycles. The number of carboxylic acids is 1.